The fraction of sp³-hybridized carbons (Fsp3) is 0.389. The van der Waals surface area contributed by atoms with Crippen molar-refractivity contribution in [2.45, 2.75) is 26.4 Å². The highest BCUT2D eigenvalue weighted by Gasteiger charge is 2.27. The second-order valence-electron chi connectivity index (χ2n) is 6.16. The number of rotatable bonds is 3. The van der Waals surface area contributed by atoms with Crippen LogP contribution in [0.15, 0.2) is 24.3 Å². The molecule has 126 valence electrons. The van der Waals surface area contributed by atoms with Crippen LogP contribution in [-0.2, 0) is 9.53 Å². The average Bonchev–Trinajstić information content (AvgIpc) is 2.53. The fourth-order valence-electron chi connectivity index (χ4n) is 2.98. The van der Waals surface area contributed by atoms with Crippen LogP contribution in [0.1, 0.15) is 28.0 Å². The van der Waals surface area contributed by atoms with E-state index in [1.54, 1.807) is 4.90 Å². The standard InChI is InChI=1S/C18H20N2O4/c1-11-3-4-13-8-15(12(2)19-16(13)7-11)18(23)20-5-6-24-14(10-20)9-17(21)22/h3-4,7-8,14H,5-6,9-10H2,1-2H3,(H,21,22). The van der Waals surface area contributed by atoms with Gasteiger partial charge in [-0.15, -0.1) is 0 Å². The Balaban J connectivity index is 1.86. The summed E-state index contributed by atoms with van der Waals surface area (Å²) in [5, 5.41) is 9.82. The first kappa shape index (κ1) is 16.4. The van der Waals surface area contributed by atoms with Crippen LogP contribution in [0.3, 0.4) is 0 Å². The summed E-state index contributed by atoms with van der Waals surface area (Å²) in [7, 11) is 0. The summed E-state index contributed by atoms with van der Waals surface area (Å²) in [5.74, 6) is -1.05. The zero-order valence-electron chi connectivity index (χ0n) is 13.8. The normalized spacial score (nSPS) is 17.9. The van der Waals surface area contributed by atoms with Gasteiger partial charge in [-0.3, -0.25) is 14.6 Å². The Labute approximate surface area is 140 Å². The number of hydrogen-bond donors (Lipinski definition) is 1. The van der Waals surface area contributed by atoms with Gasteiger partial charge in [0.1, 0.15) is 0 Å². The van der Waals surface area contributed by atoms with Crippen molar-refractivity contribution in [2.75, 3.05) is 19.7 Å². The predicted octanol–water partition coefficient (Wildman–Crippen LogP) is 2.17. The van der Waals surface area contributed by atoms with Gasteiger partial charge in [0.25, 0.3) is 5.91 Å². The second-order valence-corrected chi connectivity index (χ2v) is 6.16. The highest BCUT2D eigenvalue weighted by atomic mass is 16.5. The van der Waals surface area contributed by atoms with Gasteiger partial charge in [0.05, 0.1) is 35.9 Å². The van der Waals surface area contributed by atoms with Gasteiger partial charge in [-0.25, -0.2) is 0 Å². The highest BCUT2D eigenvalue weighted by Crippen LogP contribution is 2.20. The number of aliphatic carboxylic acids is 1. The number of fused-ring (bicyclic) bond motifs is 1. The zero-order chi connectivity index (χ0) is 17.3. The SMILES string of the molecule is Cc1ccc2cc(C(=O)N3CCOC(CC(=O)O)C3)c(C)nc2c1. The Hall–Kier alpha value is -2.47. The van der Waals surface area contributed by atoms with E-state index >= 15 is 0 Å². The molecule has 1 aromatic heterocycles. The molecular formula is C18H20N2O4. The van der Waals surface area contributed by atoms with Gasteiger partial charge < -0.3 is 14.7 Å². The average molecular weight is 328 g/mol. The molecule has 6 heteroatoms. The van der Waals surface area contributed by atoms with E-state index in [-0.39, 0.29) is 18.9 Å². The van der Waals surface area contributed by atoms with Gasteiger partial charge in [0, 0.05) is 18.5 Å². The largest absolute Gasteiger partial charge is 0.481 e. The number of aromatic nitrogens is 1. The van der Waals surface area contributed by atoms with E-state index in [9.17, 15) is 9.59 Å². The molecule has 1 unspecified atom stereocenters. The molecule has 2 aromatic rings. The lowest BCUT2D eigenvalue weighted by Gasteiger charge is -2.32. The van der Waals surface area contributed by atoms with Gasteiger partial charge in [0.2, 0.25) is 0 Å². The number of hydrogen-bond acceptors (Lipinski definition) is 4. The Kier molecular flexibility index (Phi) is 4.49. The molecule has 24 heavy (non-hydrogen) atoms. The third kappa shape index (κ3) is 3.38. The van der Waals surface area contributed by atoms with Crippen molar-refractivity contribution in [1.29, 1.82) is 0 Å². The van der Waals surface area contributed by atoms with Crippen LogP contribution in [0.2, 0.25) is 0 Å². The lowest BCUT2D eigenvalue weighted by molar-refractivity contribution is -0.141. The molecule has 0 bridgehead atoms. The van der Waals surface area contributed by atoms with Crippen LogP contribution >= 0.6 is 0 Å². The van der Waals surface area contributed by atoms with Crippen LogP contribution in [-0.4, -0.2) is 52.7 Å². The Morgan fingerprint density at radius 3 is 2.88 bits per heavy atom. The molecule has 2 heterocycles. The first-order valence-electron chi connectivity index (χ1n) is 7.94. The number of ether oxygens (including phenoxy) is 1. The summed E-state index contributed by atoms with van der Waals surface area (Å²) in [6, 6.07) is 7.81. The number of carbonyl (C=O) groups is 2. The first-order valence-corrected chi connectivity index (χ1v) is 7.94. The van der Waals surface area contributed by atoms with Gasteiger partial charge in [0.15, 0.2) is 0 Å². The maximum absolute atomic E-state index is 12.8. The van der Waals surface area contributed by atoms with Crippen molar-refractivity contribution < 1.29 is 19.4 Å². The lowest BCUT2D eigenvalue weighted by Crippen LogP contribution is -2.46. The quantitative estimate of drug-likeness (QED) is 0.934. The van der Waals surface area contributed by atoms with Crippen molar-refractivity contribution in [3.8, 4) is 0 Å². The second kappa shape index (κ2) is 6.57. The van der Waals surface area contributed by atoms with Crippen molar-refractivity contribution in [3.05, 3.63) is 41.1 Å². The molecule has 3 rings (SSSR count). The van der Waals surface area contributed by atoms with Crippen molar-refractivity contribution in [3.63, 3.8) is 0 Å². The van der Waals surface area contributed by atoms with Crippen molar-refractivity contribution in [1.82, 2.24) is 9.88 Å². The minimum atomic E-state index is -0.923. The summed E-state index contributed by atoms with van der Waals surface area (Å²) < 4.78 is 5.43. The van der Waals surface area contributed by atoms with E-state index < -0.39 is 12.1 Å². The Morgan fingerprint density at radius 1 is 1.33 bits per heavy atom. The zero-order valence-corrected chi connectivity index (χ0v) is 13.8. The molecule has 0 saturated carbocycles. The molecule has 0 aliphatic carbocycles. The molecule has 1 atom stereocenters. The van der Waals surface area contributed by atoms with Gasteiger partial charge >= 0.3 is 5.97 Å². The number of aryl methyl sites for hydroxylation is 2. The summed E-state index contributed by atoms with van der Waals surface area (Å²) in [6.07, 6.45) is -0.561. The smallest absolute Gasteiger partial charge is 0.306 e. The number of carboxylic acid groups (broad SMARTS) is 1. The van der Waals surface area contributed by atoms with Crippen molar-refractivity contribution in [2.24, 2.45) is 0 Å². The van der Waals surface area contributed by atoms with Crippen LogP contribution in [0, 0.1) is 13.8 Å². The number of nitrogens with zero attached hydrogens (tertiary/aromatic N) is 2. The van der Waals surface area contributed by atoms with E-state index in [1.807, 2.05) is 38.1 Å². The molecule has 1 fully saturated rings. The summed E-state index contributed by atoms with van der Waals surface area (Å²) in [4.78, 5) is 29.9. The van der Waals surface area contributed by atoms with Crippen LogP contribution in [0.5, 0.6) is 0 Å². The minimum absolute atomic E-state index is 0.0992. The van der Waals surface area contributed by atoms with Crippen molar-refractivity contribution >= 4 is 22.8 Å². The van der Waals surface area contributed by atoms with Crippen LogP contribution in [0.4, 0.5) is 0 Å². The predicted molar refractivity (Wildman–Crippen MR) is 89.1 cm³/mol. The number of amides is 1. The number of benzene rings is 1. The van der Waals surface area contributed by atoms with Gasteiger partial charge in [-0.1, -0.05) is 12.1 Å². The lowest BCUT2D eigenvalue weighted by atomic mass is 10.1. The molecule has 1 saturated heterocycles. The number of morpholine rings is 1. The van der Waals surface area contributed by atoms with Crippen LogP contribution < -0.4 is 0 Å². The molecule has 1 aliphatic rings. The third-order valence-corrected chi connectivity index (χ3v) is 4.22. The van der Waals surface area contributed by atoms with Crippen LogP contribution in [0.25, 0.3) is 10.9 Å². The van der Waals surface area contributed by atoms with Gasteiger partial charge in [-0.05, 0) is 31.5 Å². The maximum Gasteiger partial charge on any atom is 0.306 e. The molecule has 1 aliphatic heterocycles. The molecule has 1 N–H and O–H groups in total. The van der Waals surface area contributed by atoms with Gasteiger partial charge in [-0.2, -0.15) is 0 Å². The van der Waals surface area contributed by atoms with E-state index in [1.165, 1.54) is 0 Å². The molecular weight excluding hydrogens is 308 g/mol. The fourth-order valence-corrected chi connectivity index (χ4v) is 2.98. The summed E-state index contributed by atoms with van der Waals surface area (Å²) >= 11 is 0. The molecule has 1 amide bonds. The monoisotopic (exact) mass is 328 g/mol. The molecule has 0 radical (unpaired) electrons. The van der Waals surface area contributed by atoms with E-state index in [0.29, 0.717) is 24.4 Å². The minimum Gasteiger partial charge on any atom is -0.481 e. The summed E-state index contributed by atoms with van der Waals surface area (Å²) in [6.45, 7) is 4.93. The molecule has 0 spiro atoms. The van der Waals surface area contributed by atoms with E-state index in [4.69, 9.17) is 9.84 Å². The Morgan fingerprint density at radius 2 is 2.12 bits per heavy atom. The first-order chi connectivity index (χ1) is 11.4. The topological polar surface area (TPSA) is 79.7 Å². The third-order valence-electron chi connectivity index (χ3n) is 4.22. The number of carbonyl (C=O) groups excluding carboxylic acids is 1. The Bertz CT molecular complexity index is 803. The number of carboxylic acids is 1. The maximum atomic E-state index is 12.8. The van der Waals surface area contributed by atoms with E-state index in [0.717, 1.165) is 16.5 Å². The molecule has 6 nitrogen and oxygen atoms in total. The number of pyridine rings is 1. The van der Waals surface area contributed by atoms with E-state index in [2.05, 4.69) is 4.98 Å². The molecule has 1 aromatic carbocycles. The summed E-state index contributed by atoms with van der Waals surface area (Å²) in [5.41, 5.74) is 3.23. The highest BCUT2D eigenvalue weighted by molar-refractivity contribution is 5.98.